The van der Waals surface area contributed by atoms with Crippen molar-refractivity contribution in [1.82, 2.24) is 15.3 Å². The van der Waals surface area contributed by atoms with Gasteiger partial charge in [-0.1, -0.05) is 13.8 Å². The number of aryl methyl sites for hydroxylation is 1. The minimum Gasteiger partial charge on any atom is -0.481 e. The van der Waals surface area contributed by atoms with E-state index in [-0.39, 0.29) is 17.9 Å². The minimum absolute atomic E-state index is 0.0389. The van der Waals surface area contributed by atoms with Crippen molar-refractivity contribution in [3.05, 3.63) is 27.4 Å². The lowest BCUT2D eigenvalue weighted by atomic mass is 10.00. The van der Waals surface area contributed by atoms with Crippen molar-refractivity contribution in [2.24, 2.45) is 0 Å². The molecule has 7 nitrogen and oxygen atoms in total. The lowest BCUT2D eigenvalue weighted by Crippen LogP contribution is -2.46. The van der Waals surface area contributed by atoms with Crippen LogP contribution < -0.4 is 10.9 Å². The monoisotopic (exact) mass is 295 g/mol. The van der Waals surface area contributed by atoms with Gasteiger partial charge in [0.15, 0.2) is 0 Å². The van der Waals surface area contributed by atoms with E-state index in [1.807, 2.05) is 13.8 Å². The van der Waals surface area contributed by atoms with Gasteiger partial charge in [0.05, 0.1) is 12.1 Å². The van der Waals surface area contributed by atoms with E-state index in [0.29, 0.717) is 11.5 Å². The normalized spacial score (nSPS) is 11.5. The molecule has 1 aromatic rings. The Hall–Kier alpha value is -2.18. The summed E-state index contributed by atoms with van der Waals surface area (Å²) in [7, 11) is 0. The third kappa shape index (κ3) is 4.40. The zero-order valence-electron chi connectivity index (χ0n) is 12.9. The van der Waals surface area contributed by atoms with Crippen molar-refractivity contribution >= 4 is 11.9 Å². The predicted molar refractivity (Wildman–Crippen MR) is 77.5 cm³/mol. The van der Waals surface area contributed by atoms with E-state index in [9.17, 15) is 14.4 Å². The molecule has 0 fully saturated rings. The Morgan fingerprint density at radius 2 is 1.95 bits per heavy atom. The first kappa shape index (κ1) is 16.9. The molecule has 0 saturated carbocycles. The fourth-order valence-electron chi connectivity index (χ4n) is 1.94. The third-order valence-electron chi connectivity index (χ3n) is 2.94. The highest BCUT2D eigenvalue weighted by Crippen LogP contribution is 2.12. The second kappa shape index (κ2) is 6.07. The number of carbonyl (C=O) groups excluding carboxylic acids is 1. The number of carboxylic acids is 1. The molecule has 1 heterocycles. The fourth-order valence-corrected chi connectivity index (χ4v) is 1.94. The molecule has 21 heavy (non-hydrogen) atoms. The molecule has 0 spiro atoms. The van der Waals surface area contributed by atoms with E-state index in [4.69, 9.17) is 5.11 Å². The van der Waals surface area contributed by atoms with Gasteiger partial charge in [-0.2, -0.15) is 0 Å². The van der Waals surface area contributed by atoms with Crippen molar-refractivity contribution in [2.45, 2.75) is 52.5 Å². The van der Waals surface area contributed by atoms with Gasteiger partial charge in [0, 0.05) is 11.5 Å². The number of aromatic amines is 1. The average Bonchev–Trinajstić information content (AvgIpc) is 2.24. The van der Waals surface area contributed by atoms with Crippen LogP contribution in [0, 0.1) is 6.92 Å². The first-order valence-electron chi connectivity index (χ1n) is 6.68. The Bertz CT molecular complexity index is 617. The van der Waals surface area contributed by atoms with Gasteiger partial charge in [-0.3, -0.25) is 14.4 Å². The summed E-state index contributed by atoms with van der Waals surface area (Å²) in [5.74, 6) is -1.10. The SMILES string of the molecule is Cc1nc(C(C)C)[nH]c(=O)c1C(=O)NC(C)(C)CC(=O)O. The lowest BCUT2D eigenvalue weighted by Gasteiger charge is -2.24. The van der Waals surface area contributed by atoms with Crippen LogP contribution >= 0.6 is 0 Å². The molecule has 0 bridgehead atoms. The number of nitrogens with zero attached hydrogens (tertiary/aromatic N) is 1. The molecule has 116 valence electrons. The van der Waals surface area contributed by atoms with E-state index >= 15 is 0 Å². The van der Waals surface area contributed by atoms with Crippen LogP contribution in [0.5, 0.6) is 0 Å². The van der Waals surface area contributed by atoms with Crippen molar-refractivity contribution in [2.75, 3.05) is 0 Å². The fraction of sp³-hybridized carbons (Fsp3) is 0.571. The number of aliphatic carboxylic acids is 1. The molecule has 0 aliphatic heterocycles. The number of rotatable bonds is 5. The number of hydrogen-bond donors (Lipinski definition) is 3. The molecular weight excluding hydrogens is 274 g/mol. The van der Waals surface area contributed by atoms with Crippen LogP contribution in [0.3, 0.4) is 0 Å². The number of aromatic nitrogens is 2. The van der Waals surface area contributed by atoms with Crippen LogP contribution in [0.25, 0.3) is 0 Å². The van der Waals surface area contributed by atoms with E-state index < -0.39 is 23.0 Å². The van der Waals surface area contributed by atoms with Crippen molar-refractivity contribution in [1.29, 1.82) is 0 Å². The topological polar surface area (TPSA) is 112 Å². The van der Waals surface area contributed by atoms with E-state index in [1.54, 1.807) is 20.8 Å². The van der Waals surface area contributed by atoms with Gasteiger partial charge in [-0.25, -0.2) is 4.98 Å². The summed E-state index contributed by atoms with van der Waals surface area (Å²) < 4.78 is 0. The Morgan fingerprint density at radius 1 is 1.38 bits per heavy atom. The molecule has 1 rings (SSSR count). The number of hydrogen-bond acceptors (Lipinski definition) is 4. The van der Waals surface area contributed by atoms with Gasteiger partial charge in [0.1, 0.15) is 11.4 Å². The lowest BCUT2D eigenvalue weighted by molar-refractivity contribution is -0.138. The molecule has 0 aromatic carbocycles. The number of amides is 1. The molecule has 3 N–H and O–H groups in total. The highest BCUT2D eigenvalue weighted by atomic mass is 16.4. The molecule has 0 aliphatic carbocycles. The van der Waals surface area contributed by atoms with Crippen LogP contribution in [0.4, 0.5) is 0 Å². The second-order valence-corrected chi connectivity index (χ2v) is 5.97. The Morgan fingerprint density at radius 3 is 2.38 bits per heavy atom. The van der Waals surface area contributed by atoms with E-state index in [0.717, 1.165) is 0 Å². The average molecular weight is 295 g/mol. The van der Waals surface area contributed by atoms with Crippen LogP contribution in [0.2, 0.25) is 0 Å². The molecule has 0 radical (unpaired) electrons. The van der Waals surface area contributed by atoms with Crippen LogP contribution in [-0.4, -0.2) is 32.5 Å². The Balaban J connectivity index is 3.09. The number of H-pyrrole nitrogens is 1. The van der Waals surface area contributed by atoms with Gasteiger partial charge in [-0.15, -0.1) is 0 Å². The van der Waals surface area contributed by atoms with Gasteiger partial charge in [0.25, 0.3) is 11.5 Å². The van der Waals surface area contributed by atoms with Crippen LogP contribution in [0.1, 0.15) is 61.9 Å². The largest absolute Gasteiger partial charge is 0.481 e. The minimum atomic E-state index is -1.03. The summed E-state index contributed by atoms with van der Waals surface area (Å²) >= 11 is 0. The van der Waals surface area contributed by atoms with Crippen LogP contribution in [-0.2, 0) is 4.79 Å². The molecule has 0 unspecified atom stereocenters. The maximum absolute atomic E-state index is 12.2. The summed E-state index contributed by atoms with van der Waals surface area (Å²) in [6.07, 6.45) is -0.243. The molecule has 1 aromatic heterocycles. The molecule has 1 amide bonds. The molecule has 7 heteroatoms. The van der Waals surface area contributed by atoms with Crippen molar-refractivity contribution < 1.29 is 14.7 Å². The van der Waals surface area contributed by atoms with Crippen molar-refractivity contribution in [3.63, 3.8) is 0 Å². The zero-order chi connectivity index (χ0) is 16.4. The van der Waals surface area contributed by atoms with Crippen molar-refractivity contribution in [3.8, 4) is 0 Å². The maximum Gasteiger partial charge on any atom is 0.305 e. The molecular formula is C14H21N3O4. The molecule has 0 atom stereocenters. The summed E-state index contributed by atoms with van der Waals surface area (Å²) in [4.78, 5) is 41.8. The van der Waals surface area contributed by atoms with Gasteiger partial charge >= 0.3 is 5.97 Å². The van der Waals surface area contributed by atoms with Crippen LogP contribution in [0.15, 0.2) is 4.79 Å². The summed E-state index contributed by atoms with van der Waals surface area (Å²) in [6, 6.07) is 0. The smallest absolute Gasteiger partial charge is 0.305 e. The highest BCUT2D eigenvalue weighted by molar-refractivity contribution is 5.95. The Kier molecular flexibility index (Phi) is 4.88. The first-order valence-corrected chi connectivity index (χ1v) is 6.68. The van der Waals surface area contributed by atoms with Gasteiger partial charge in [0.2, 0.25) is 0 Å². The number of carboxylic acid groups (broad SMARTS) is 1. The summed E-state index contributed by atoms with van der Waals surface area (Å²) in [5, 5.41) is 11.4. The Labute approximate surface area is 122 Å². The number of carbonyl (C=O) groups is 2. The molecule has 0 saturated heterocycles. The maximum atomic E-state index is 12.2. The third-order valence-corrected chi connectivity index (χ3v) is 2.94. The summed E-state index contributed by atoms with van der Waals surface area (Å²) in [6.45, 7) is 8.51. The second-order valence-electron chi connectivity index (χ2n) is 5.97. The first-order chi connectivity index (χ1) is 9.53. The predicted octanol–water partition coefficient (Wildman–Crippen LogP) is 1.18. The summed E-state index contributed by atoms with van der Waals surface area (Å²) in [5.41, 5.74) is -1.24. The molecule has 0 aliphatic rings. The highest BCUT2D eigenvalue weighted by Gasteiger charge is 2.27. The van der Waals surface area contributed by atoms with Gasteiger partial charge in [-0.05, 0) is 20.8 Å². The standard InChI is InChI=1S/C14H21N3O4/c1-7(2)11-15-8(3)10(12(20)16-11)13(21)17-14(4,5)6-9(18)19/h7H,6H2,1-5H3,(H,17,21)(H,18,19)(H,15,16,20). The quantitative estimate of drug-likeness (QED) is 0.755. The van der Waals surface area contributed by atoms with Gasteiger partial charge < -0.3 is 15.4 Å². The number of nitrogens with one attached hydrogen (secondary N) is 2. The zero-order valence-corrected chi connectivity index (χ0v) is 12.9. The van der Waals surface area contributed by atoms with E-state index in [2.05, 4.69) is 15.3 Å². The van der Waals surface area contributed by atoms with E-state index in [1.165, 1.54) is 0 Å².